The van der Waals surface area contributed by atoms with Gasteiger partial charge in [0, 0.05) is 6.08 Å². The molecule has 0 saturated heterocycles. The minimum absolute atomic E-state index is 0.0402. The van der Waals surface area contributed by atoms with Crippen LogP contribution in [0.5, 0.6) is 0 Å². The summed E-state index contributed by atoms with van der Waals surface area (Å²) in [6.07, 6.45) is -0.333. The van der Waals surface area contributed by atoms with Gasteiger partial charge < -0.3 is 15.5 Å². The van der Waals surface area contributed by atoms with Gasteiger partial charge in [-0.05, 0) is 12.5 Å². The molecule has 1 aliphatic rings. The van der Waals surface area contributed by atoms with Gasteiger partial charge in [-0.2, -0.15) is 15.8 Å². The summed E-state index contributed by atoms with van der Waals surface area (Å²) in [5.74, 6) is -0.255. The van der Waals surface area contributed by atoms with Gasteiger partial charge in [-0.25, -0.2) is 0 Å². The highest BCUT2D eigenvalue weighted by Gasteiger charge is 2.23. The molecule has 1 atom stereocenters. The second kappa shape index (κ2) is 4.85. The average molecular weight is 228 g/mol. The number of aliphatic hydroxyl groups is 2. The van der Waals surface area contributed by atoms with Crippen molar-refractivity contribution in [1.82, 2.24) is 5.32 Å². The van der Waals surface area contributed by atoms with Crippen molar-refractivity contribution >= 4 is 0 Å². The van der Waals surface area contributed by atoms with E-state index < -0.39 is 6.10 Å². The van der Waals surface area contributed by atoms with Crippen LogP contribution in [0, 0.1) is 34.0 Å². The van der Waals surface area contributed by atoms with Crippen LogP contribution in [0.2, 0.25) is 0 Å². The van der Waals surface area contributed by atoms with Crippen molar-refractivity contribution < 1.29 is 10.2 Å². The summed E-state index contributed by atoms with van der Waals surface area (Å²) >= 11 is 0. The van der Waals surface area contributed by atoms with Crippen LogP contribution in [0.1, 0.15) is 6.92 Å². The first kappa shape index (κ1) is 12.3. The Bertz CT molecular complexity index is 564. The lowest BCUT2D eigenvalue weighted by molar-refractivity contribution is 0.268. The summed E-state index contributed by atoms with van der Waals surface area (Å²) in [4.78, 5) is 0. The van der Waals surface area contributed by atoms with E-state index in [1.165, 1.54) is 12.1 Å². The summed E-state index contributed by atoms with van der Waals surface area (Å²) in [7, 11) is 0. The second-order valence-electron chi connectivity index (χ2n) is 3.26. The number of dihydropyridines is 1. The zero-order valence-electron chi connectivity index (χ0n) is 8.89. The number of hydrogen-bond donors (Lipinski definition) is 3. The van der Waals surface area contributed by atoms with Crippen LogP contribution in [0.25, 0.3) is 0 Å². The molecule has 6 nitrogen and oxygen atoms in total. The molecule has 0 amide bonds. The van der Waals surface area contributed by atoms with E-state index in [4.69, 9.17) is 15.8 Å². The van der Waals surface area contributed by atoms with Crippen molar-refractivity contribution in [3.05, 3.63) is 34.4 Å². The van der Waals surface area contributed by atoms with Crippen LogP contribution in [0.4, 0.5) is 0 Å². The van der Waals surface area contributed by atoms with E-state index in [1.807, 2.05) is 6.07 Å². The van der Waals surface area contributed by atoms with Gasteiger partial charge in [0.25, 0.3) is 0 Å². The Morgan fingerprint density at radius 3 is 2.53 bits per heavy atom. The number of nitrogens with zero attached hydrogens (tertiary/aromatic N) is 3. The molecule has 0 aromatic carbocycles. The minimum Gasteiger partial charge on any atom is -0.495 e. The summed E-state index contributed by atoms with van der Waals surface area (Å²) in [5.41, 5.74) is 0.204. The summed E-state index contributed by atoms with van der Waals surface area (Å²) < 4.78 is 0. The van der Waals surface area contributed by atoms with Crippen molar-refractivity contribution in [2.75, 3.05) is 0 Å². The van der Waals surface area contributed by atoms with Gasteiger partial charge in [-0.1, -0.05) is 0 Å². The third-order valence-electron chi connectivity index (χ3n) is 2.15. The van der Waals surface area contributed by atoms with Gasteiger partial charge in [0.1, 0.15) is 12.1 Å². The molecule has 1 aliphatic heterocycles. The number of aliphatic hydroxyl groups excluding tert-OH is 2. The highest BCUT2D eigenvalue weighted by molar-refractivity contribution is 5.57. The molecule has 0 saturated carbocycles. The molecular formula is C11H8N4O2. The Morgan fingerprint density at radius 1 is 1.41 bits per heavy atom. The number of nitrogens with one attached hydrogen (secondary N) is 1. The van der Waals surface area contributed by atoms with Gasteiger partial charge >= 0.3 is 0 Å². The molecule has 84 valence electrons. The summed E-state index contributed by atoms with van der Waals surface area (Å²) in [5, 5.41) is 47.5. The lowest BCUT2D eigenvalue weighted by Gasteiger charge is -2.18. The van der Waals surface area contributed by atoms with Crippen LogP contribution >= 0.6 is 0 Å². The van der Waals surface area contributed by atoms with Crippen molar-refractivity contribution in [2.45, 2.75) is 13.0 Å². The molecule has 1 unspecified atom stereocenters. The summed E-state index contributed by atoms with van der Waals surface area (Å²) in [6.45, 7) is 1.57. The molecule has 17 heavy (non-hydrogen) atoms. The Hall–Kier alpha value is -2.75. The van der Waals surface area contributed by atoms with E-state index >= 15 is 0 Å². The van der Waals surface area contributed by atoms with E-state index in [2.05, 4.69) is 5.32 Å². The smallest absolute Gasteiger partial charge is 0.188 e. The van der Waals surface area contributed by atoms with E-state index in [0.717, 1.165) is 0 Å². The van der Waals surface area contributed by atoms with Crippen molar-refractivity contribution in [3.8, 4) is 18.2 Å². The van der Waals surface area contributed by atoms with Gasteiger partial charge in [0.15, 0.2) is 12.0 Å². The predicted molar refractivity (Wildman–Crippen MR) is 56.4 cm³/mol. The molecule has 6 heteroatoms. The van der Waals surface area contributed by atoms with Gasteiger partial charge in [-0.3, -0.25) is 0 Å². The molecule has 0 aromatic rings. The van der Waals surface area contributed by atoms with E-state index in [0.29, 0.717) is 5.57 Å². The monoisotopic (exact) mass is 228 g/mol. The highest BCUT2D eigenvalue weighted by atomic mass is 16.3. The zero-order chi connectivity index (χ0) is 13.0. The lowest BCUT2D eigenvalue weighted by atomic mass is 9.98. The maximum Gasteiger partial charge on any atom is 0.188 e. The number of rotatable bonds is 1. The van der Waals surface area contributed by atoms with Crippen molar-refractivity contribution in [2.24, 2.45) is 0 Å². The van der Waals surface area contributed by atoms with Crippen LogP contribution < -0.4 is 5.32 Å². The number of nitriles is 3. The number of allylic oxidation sites excluding steroid dienone is 3. The largest absolute Gasteiger partial charge is 0.495 e. The summed E-state index contributed by atoms with van der Waals surface area (Å²) in [6, 6.07) is 4.99. The first-order valence-corrected chi connectivity index (χ1v) is 4.56. The molecule has 0 radical (unpaired) electrons. The molecular weight excluding hydrogens is 220 g/mol. The molecule has 0 bridgehead atoms. The van der Waals surface area contributed by atoms with Crippen LogP contribution in [0.3, 0.4) is 0 Å². The molecule has 0 spiro atoms. The first-order valence-electron chi connectivity index (χ1n) is 4.56. The number of hydrogen-bond acceptors (Lipinski definition) is 6. The van der Waals surface area contributed by atoms with Gasteiger partial charge in [0.05, 0.1) is 22.9 Å². The van der Waals surface area contributed by atoms with Gasteiger partial charge in [-0.15, -0.1) is 0 Å². The first-order chi connectivity index (χ1) is 8.04. The maximum absolute atomic E-state index is 9.36. The van der Waals surface area contributed by atoms with E-state index in [9.17, 15) is 10.2 Å². The molecule has 0 aromatic heterocycles. The minimum atomic E-state index is -1.65. The Morgan fingerprint density at radius 2 is 2.06 bits per heavy atom. The molecule has 3 N–H and O–H groups in total. The molecule has 1 rings (SSSR count). The lowest BCUT2D eigenvalue weighted by Crippen LogP contribution is -2.23. The Kier molecular flexibility index (Phi) is 3.51. The SMILES string of the molecule is CC1=C(C#N)C(=C(C#N)C(O)C#N)NC(O)=C1. The third kappa shape index (κ3) is 2.26. The van der Waals surface area contributed by atoms with E-state index in [-0.39, 0.29) is 22.7 Å². The molecule has 0 fully saturated rings. The highest BCUT2D eigenvalue weighted by Crippen LogP contribution is 2.23. The van der Waals surface area contributed by atoms with Crippen molar-refractivity contribution in [3.63, 3.8) is 0 Å². The molecule has 0 aliphatic carbocycles. The Balaban J connectivity index is 3.48. The fourth-order valence-corrected chi connectivity index (χ4v) is 1.37. The van der Waals surface area contributed by atoms with Crippen LogP contribution in [-0.4, -0.2) is 16.3 Å². The van der Waals surface area contributed by atoms with E-state index in [1.54, 1.807) is 13.0 Å². The zero-order valence-corrected chi connectivity index (χ0v) is 8.89. The maximum atomic E-state index is 9.36. The second-order valence-corrected chi connectivity index (χ2v) is 3.26. The molecule has 1 heterocycles. The average Bonchev–Trinajstić information content (AvgIpc) is 2.29. The topological polar surface area (TPSA) is 124 Å². The van der Waals surface area contributed by atoms with Crippen LogP contribution in [0.15, 0.2) is 34.4 Å². The Labute approximate surface area is 97.6 Å². The predicted octanol–water partition coefficient (Wildman–Crippen LogP) is 0.491. The fourth-order valence-electron chi connectivity index (χ4n) is 1.37. The normalized spacial score (nSPS) is 19.1. The van der Waals surface area contributed by atoms with Gasteiger partial charge in [0.2, 0.25) is 0 Å². The van der Waals surface area contributed by atoms with Crippen LogP contribution in [-0.2, 0) is 0 Å². The third-order valence-corrected chi connectivity index (χ3v) is 2.15. The standard InChI is InChI=1S/C11H8N4O2/c1-6-2-10(17)15-11(7(6)3-12)8(4-13)9(16)5-14/h2,9,15-17H,1H3. The quantitative estimate of drug-likeness (QED) is 0.443. The fraction of sp³-hybridized carbons (Fsp3) is 0.182. The van der Waals surface area contributed by atoms with Crippen molar-refractivity contribution in [1.29, 1.82) is 15.8 Å².